The zero-order chi connectivity index (χ0) is 18.0. The van der Waals surface area contributed by atoms with Crippen molar-refractivity contribution in [1.29, 1.82) is 0 Å². The van der Waals surface area contributed by atoms with Crippen molar-refractivity contribution in [3.05, 3.63) is 73.3 Å². The molecule has 3 rings (SSSR count). The van der Waals surface area contributed by atoms with Crippen molar-refractivity contribution >= 4 is 11.7 Å². The summed E-state index contributed by atoms with van der Waals surface area (Å²) < 4.78 is 28.5. The summed E-state index contributed by atoms with van der Waals surface area (Å²) in [6, 6.07) is 4.38. The topological polar surface area (TPSA) is 59.8 Å². The van der Waals surface area contributed by atoms with Crippen LogP contribution in [0.5, 0.6) is 0 Å². The molecule has 7 heteroatoms. The molecule has 5 nitrogen and oxygen atoms in total. The lowest BCUT2D eigenvalue weighted by Crippen LogP contribution is -2.26. The van der Waals surface area contributed by atoms with Crippen LogP contribution >= 0.6 is 0 Å². The van der Waals surface area contributed by atoms with Gasteiger partial charge >= 0.3 is 0 Å². The molecule has 25 heavy (non-hydrogen) atoms. The lowest BCUT2D eigenvalue weighted by Gasteiger charge is -2.16. The minimum absolute atomic E-state index is 0.232. The molecule has 0 aliphatic heterocycles. The fourth-order valence-corrected chi connectivity index (χ4v) is 2.68. The fraction of sp³-hybridized carbons (Fsp3) is 0.167. The van der Waals surface area contributed by atoms with E-state index in [4.69, 9.17) is 0 Å². The molecule has 1 amide bonds. The van der Waals surface area contributed by atoms with Crippen LogP contribution in [0.15, 0.2) is 67.3 Å². The first-order chi connectivity index (χ1) is 12.0. The highest BCUT2D eigenvalue weighted by atomic mass is 19.1. The average molecular weight is 342 g/mol. The molecule has 1 aliphatic rings. The van der Waals surface area contributed by atoms with Crippen molar-refractivity contribution in [1.82, 2.24) is 14.8 Å². The molecule has 1 fully saturated rings. The summed E-state index contributed by atoms with van der Waals surface area (Å²) in [4.78, 5) is 16.1. The van der Waals surface area contributed by atoms with E-state index in [2.05, 4.69) is 28.6 Å². The van der Waals surface area contributed by atoms with Crippen LogP contribution in [0.25, 0.3) is 5.69 Å². The van der Waals surface area contributed by atoms with Crippen molar-refractivity contribution in [2.45, 2.75) is 12.8 Å². The first kappa shape index (κ1) is 16.8. The monoisotopic (exact) mass is 342 g/mol. The molecule has 2 heterocycles. The first-order valence-electron chi connectivity index (χ1n) is 7.64. The van der Waals surface area contributed by atoms with E-state index in [0.29, 0.717) is 18.5 Å². The van der Waals surface area contributed by atoms with Crippen LogP contribution in [-0.4, -0.2) is 20.7 Å². The number of nitrogens with one attached hydrogen (secondary N) is 1. The van der Waals surface area contributed by atoms with Gasteiger partial charge in [0.15, 0.2) is 5.82 Å². The summed E-state index contributed by atoms with van der Waals surface area (Å²) in [6.07, 6.45) is 6.37. The smallest absolute Gasteiger partial charge is 0.236 e. The molecule has 0 atom stereocenters. The van der Waals surface area contributed by atoms with Gasteiger partial charge < -0.3 is 5.32 Å². The number of pyridine rings is 1. The number of allylic oxidation sites excluding steroid dienone is 3. The van der Waals surface area contributed by atoms with Crippen molar-refractivity contribution in [3.63, 3.8) is 0 Å². The second-order valence-corrected chi connectivity index (χ2v) is 5.69. The number of nitrogens with zero attached hydrogens (tertiary/aromatic N) is 3. The third-order valence-electron chi connectivity index (χ3n) is 4.15. The number of aromatic nitrogens is 3. The molecule has 0 bridgehead atoms. The molecular weight excluding hydrogens is 326 g/mol. The minimum atomic E-state index is -0.938. The van der Waals surface area contributed by atoms with Crippen LogP contribution < -0.4 is 5.32 Å². The van der Waals surface area contributed by atoms with Gasteiger partial charge in [0.25, 0.3) is 0 Å². The first-order valence-corrected chi connectivity index (χ1v) is 7.64. The Morgan fingerprint density at radius 3 is 2.68 bits per heavy atom. The van der Waals surface area contributed by atoms with Crippen molar-refractivity contribution in [2.75, 3.05) is 5.32 Å². The van der Waals surface area contributed by atoms with E-state index >= 15 is 0 Å². The molecule has 0 unspecified atom stereocenters. The van der Waals surface area contributed by atoms with E-state index in [0.717, 1.165) is 6.08 Å². The standard InChI is InChI=1S/C18H16F2N4O/c1-3-13(14(19)4-2)18(7-8-18)17(25)22-16-6-10-24(23-16)12-5-9-21-15(20)11-12/h3-6,9-11H,1-2,7-8H2,(H,22,23,25)/b14-13-. The Labute approximate surface area is 143 Å². The minimum Gasteiger partial charge on any atom is -0.308 e. The summed E-state index contributed by atoms with van der Waals surface area (Å²) in [6.45, 7) is 6.99. The molecule has 1 aliphatic carbocycles. The normalized spacial score (nSPS) is 15.9. The number of hydrogen-bond acceptors (Lipinski definition) is 3. The van der Waals surface area contributed by atoms with Crippen LogP contribution in [0.4, 0.5) is 14.6 Å². The van der Waals surface area contributed by atoms with Crippen LogP contribution in [0, 0.1) is 11.4 Å². The molecule has 0 aromatic carbocycles. The number of rotatable bonds is 6. The van der Waals surface area contributed by atoms with E-state index < -0.39 is 17.2 Å². The second kappa shape index (κ2) is 6.43. The molecule has 2 aromatic heterocycles. The highest BCUT2D eigenvalue weighted by Gasteiger charge is 2.53. The summed E-state index contributed by atoms with van der Waals surface area (Å²) >= 11 is 0. The lowest BCUT2D eigenvalue weighted by molar-refractivity contribution is -0.119. The Hall–Kier alpha value is -3.09. The third kappa shape index (κ3) is 3.13. The molecule has 1 saturated carbocycles. The maximum atomic E-state index is 13.9. The van der Waals surface area contributed by atoms with Gasteiger partial charge in [-0.15, -0.1) is 0 Å². The molecule has 2 aromatic rings. The van der Waals surface area contributed by atoms with E-state index in [-0.39, 0.29) is 17.3 Å². The van der Waals surface area contributed by atoms with Crippen molar-refractivity contribution in [3.8, 4) is 5.69 Å². The predicted octanol–water partition coefficient (Wildman–Crippen LogP) is 3.72. The molecule has 128 valence electrons. The van der Waals surface area contributed by atoms with Crippen LogP contribution in [0.2, 0.25) is 0 Å². The SMILES string of the molecule is C=C/C(F)=C(\C=C)C1(C(=O)Nc2ccn(-c3ccnc(F)c3)n2)CC1. The van der Waals surface area contributed by atoms with Gasteiger partial charge in [0.1, 0.15) is 5.83 Å². The van der Waals surface area contributed by atoms with Crippen LogP contribution in [0.3, 0.4) is 0 Å². The number of carbonyl (C=O) groups excluding carboxylic acids is 1. The van der Waals surface area contributed by atoms with E-state index in [1.807, 2.05) is 0 Å². The Morgan fingerprint density at radius 1 is 1.32 bits per heavy atom. The van der Waals surface area contributed by atoms with Gasteiger partial charge in [0.2, 0.25) is 11.9 Å². The highest BCUT2D eigenvalue weighted by molar-refractivity contribution is 5.99. The highest BCUT2D eigenvalue weighted by Crippen LogP contribution is 2.54. The van der Waals surface area contributed by atoms with E-state index in [1.54, 1.807) is 18.3 Å². The van der Waals surface area contributed by atoms with E-state index in [1.165, 1.54) is 23.0 Å². The number of amides is 1. The Kier molecular flexibility index (Phi) is 4.31. The summed E-state index contributed by atoms with van der Waals surface area (Å²) in [5.74, 6) is -1.25. The maximum absolute atomic E-state index is 13.9. The predicted molar refractivity (Wildman–Crippen MR) is 90.1 cm³/mol. The fourth-order valence-electron chi connectivity index (χ4n) is 2.68. The third-order valence-corrected chi connectivity index (χ3v) is 4.15. The average Bonchev–Trinajstić information content (AvgIpc) is 3.27. The molecular formula is C18H16F2N4O. The Bertz CT molecular complexity index is 881. The number of halogens is 2. The molecule has 1 N–H and O–H groups in total. The van der Waals surface area contributed by atoms with Gasteiger partial charge in [-0.05, 0) is 25.0 Å². The molecule has 0 saturated heterocycles. The van der Waals surface area contributed by atoms with E-state index in [9.17, 15) is 13.6 Å². The second-order valence-electron chi connectivity index (χ2n) is 5.69. The van der Waals surface area contributed by atoms with Crippen LogP contribution in [-0.2, 0) is 4.79 Å². The van der Waals surface area contributed by atoms with Crippen LogP contribution in [0.1, 0.15) is 12.8 Å². The zero-order valence-electron chi connectivity index (χ0n) is 13.4. The van der Waals surface area contributed by atoms with Gasteiger partial charge in [-0.1, -0.05) is 19.2 Å². The van der Waals surface area contributed by atoms with Crippen molar-refractivity contribution in [2.24, 2.45) is 5.41 Å². The van der Waals surface area contributed by atoms with Crippen molar-refractivity contribution < 1.29 is 13.6 Å². The van der Waals surface area contributed by atoms with Gasteiger partial charge in [0, 0.05) is 30.1 Å². The number of anilines is 1. The quantitative estimate of drug-likeness (QED) is 0.643. The molecule has 0 radical (unpaired) electrons. The Balaban J connectivity index is 1.81. The summed E-state index contributed by atoms with van der Waals surface area (Å²) in [7, 11) is 0. The Morgan fingerprint density at radius 2 is 2.08 bits per heavy atom. The summed E-state index contributed by atoms with van der Waals surface area (Å²) in [5.41, 5.74) is -0.235. The number of hydrogen-bond donors (Lipinski definition) is 1. The lowest BCUT2D eigenvalue weighted by atomic mass is 9.93. The zero-order valence-corrected chi connectivity index (χ0v) is 13.4. The van der Waals surface area contributed by atoms with Gasteiger partial charge in [-0.25, -0.2) is 14.1 Å². The van der Waals surface area contributed by atoms with Gasteiger partial charge in [-0.3, -0.25) is 4.79 Å². The molecule has 0 spiro atoms. The summed E-state index contributed by atoms with van der Waals surface area (Å²) in [5, 5.41) is 6.87. The largest absolute Gasteiger partial charge is 0.308 e. The number of carbonyl (C=O) groups is 1. The van der Waals surface area contributed by atoms with Gasteiger partial charge in [0.05, 0.1) is 11.1 Å². The van der Waals surface area contributed by atoms with Gasteiger partial charge in [-0.2, -0.15) is 9.49 Å². The maximum Gasteiger partial charge on any atom is 0.236 e.